The third-order valence-electron chi connectivity index (χ3n) is 12.4. The van der Waals surface area contributed by atoms with Gasteiger partial charge in [-0.25, -0.2) is 22.9 Å². The minimum atomic E-state index is -2.28. The number of nitrogens with one attached hydrogen (secondary N) is 1. The van der Waals surface area contributed by atoms with Crippen LogP contribution in [0.1, 0.15) is 104 Å². The van der Waals surface area contributed by atoms with Crippen LogP contribution in [0.25, 0.3) is 16.8 Å². The van der Waals surface area contributed by atoms with Crippen LogP contribution in [0.15, 0.2) is 43.1 Å². The lowest BCUT2D eigenvalue weighted by molar-refractivity contribution is 0.0336. The fraction of sp³-hybridized carbons (Fsp3) is 0.578. The molecule has 1 fully saturated rings. The van der Waals surface area contributed by atoms with Crippen LogP contribution in [0.5, 0.6) is 0 Å². The number of nitrogens with zero attached hydrogens (tertiary/aromatic N) is 3. The third-order valence-corrected chi connectivity index (χ3v) is 21.4. The third kappa shape index (κ3) is 9.91. The van der Waals surface area contributed by atoms with E-state index in [2.05, 4.69) is 96.4 Å². The van der Waals surface area contributed by atoms with E-state index in [1.165, 1.54) is 18.2 Å². The van der Waals surface area contributed by atoms with E-state index in [4.69, 9.17) is 18.6 Å². The van der Waals surface area contributed by atoms with Crippen LogP contribution in [0.2, 0.25) is 36.3 Å². The maximum absolute atomic E-state index is 15.1. The Morgan fingerprint density at radius 3 is 2.09 bits per heavy atom. The van der Waals surface area contributed by atoms with Gasteiger partial charge in [-0.05, 0) is 105 Å². The van der Waals surface area contributed by atoms with Crippen molar-refractivity contribution in [3.05, 3.63) is 83.1 Å². The molecule has 8 nitrogen and oxygen atoms in total. The van der Waals surface area contributed by atoms with Crippen molar-refractivity contribution in [3.63, 3.8) is 0 Å². The molecule has 1 N–H and O–H groups in total. The highest BCUT2D eigenvalue weighted by molar-refractivity contribution is 6.74. The van der Waals surface area contributed by atoms with Crippen LogP contribution in [0, 0.1) is 23.4 Å². The molecule has 58 heavy (non-hydrogen) atoms. The Labute approximate surface area is 346 Å². The van der Waals surface area contributed by atoms with Gasteiger partial charge >= 0.3 is 6.09 Å². The van der Waals surface area contributed by atoms with E-state index in [0.717, 1.165) is 47.5 Å². The topological polar surface area (TPSA) is 85.8 Å². The zero-order chi connectivity index (χ0) is 43.3. The zero-order valence-electron chi connectivity index (χ0n) is 37.1. The number of carbonyl (C=O) groups excluding carboxylic acids is 1. The van der Waals surface area contributed by atoms with Crippen LogP contribution in [0.4, 0.5) is 23.7 Å². The SMILES string of the molecule is C=C(Cc1cnc2c(c1N1C[C@H](C)C(O[Si](C)(C)C(C)(C)C)[C@H](NC(=O)OC(C)(C)C)C1)CCC2O[Si](C)(C)C(C)(C)C)c1ccc(F)c(-c2c(F)cccc2F)n1. The second-order valence-corrected chi connectivity index (χ2v) is 29.8. The van der Waals surface area contributed by atoms with Crippen LogP contribution in [0.3, 0.4) is 0 Å². The molecular formula is C45H65F3N4O4Si2. The molecule has 2 unspecified atom stereocenters. The van der Waals surface area contributed by atoms with Crippen molar-refractivity contribution in [2.24, 2.45) is 5.92 Å². The van der Waals surface area contributed by atoms with Crippen molar-refractivity contribution < 1.29 is 31.6 Å². The van der Waals surface area contributed by atoms with E-state index in [1.54, 1.807) is 0 Å². The van der Waals surface area contributed by atoms with Gasteiger partial charge in [-0.1, -0.05) is 61.1 Å². The number of rotatable bonds is 10. The average molecular weight is 839 g/mol. The lowest BCUT2D eigenvalue weighted by Crippen LogP contribution is -2.63. The first-order valence-electron chi connectivity index (χ1n) is 20.5. The summed E-state index contributed by atoms with van der Waals surface area (Å²) in [6.45, 7) is 35.4. The van der Waals surface area contributed by atoms with Crippen molar-refractivity contribution in [2.75, 3.05) is 18.0 Å². The number of aromatic nitrogens is 2. The summed E-state index contributed by atoms with van der Waals surface area (Å²) in [6.07, 6.45) is 2.72. The normalized spacial score (nSPS) is 20.5. The number of hydrogen-bond donors (Lipinski definition) is 1. The van der Waals surface area contributed by atoms with Gasteiger partial charge in [0.2, 0.25) is 0 Å². The van der Waals surface area contributed by atoms with Crippen molar-refractivity contribution in [1.29, 1.82) is 0 Å². The largest absolute Gasteiger partial charge is 0.444 e. The van der Waals surface area contributed by atoms with Gasteiger partial charge in [-0.15, -0.1) is 0 Å². The Morgan fingerprint density at radius 2 is 1.50 bits per heavy atom. The molecule has 5 rings (SSSR count). The molecule has 2 aromatic heterocycles. The van der Waals surface area contributed by atoms with E-state index in [0.29, 0.717) is 24.4 Å². The van der Waals surface area contributed by atoms with Crippen LogP contribution < -0.4 is 10.2 Å². The van der Waals surface area contributed by atoms with Crippen molar-refractivity contribution >= 4 is 34.0 Å². The number of halogens is 3. The van der Waals surface area contributed by atoms with Crippen molar-refractivity contribution in [2.45, 2.75) is 149 Å². The first-order valence-corrected chi connectivity index (χ1v) is 26.3. The first-order chi connectivity index (χ1) is 26.6. The summed E-state index contributed by atoms with van der Waals surface area (Å²) in [4.78, 5) is 25.3. The van der Waals surface area contributed by atoms with Gasteiger partial charge in [0.25, 0.3) is 0 Å². The number of allylic oxidation sites excluding steroid dienone is 1. The standard InChI is InChI=1S/C45H65F3N4O4Si2/c1-27(34-21-20-33(48)39(50-34)37-31(46)17-16-18-32(37)47)23-29-24-49-38-30(19-22-36(38)55-57(12,13)44(6,7)8)40(29)52-25-28(2)41(56-58(14,15)45(9,10)11)35(26-52)51-42(53)54-43(3,4)5/h16-18,20-21,24,28,35-36,41H,1,19,22-23,25-26H2,2-15H3,(H,51,53)/t28-,35+,36?,41?/m0/s1. The summed E-state index contributed by atoms with van der Waals surface area (Å²) in [5.41, 5.74) is 3.06. The molecule has 1 amide bonds. The predicted molar refractivity (Wildman–Crippen MR) is 232 cm³/mol. The summed E-state index contributed by atoms with van der Waals surface area (Å²) in [5, 5.41) is 3.17. The molecule has 1 aliphatic carbocycles. The van der Waals surface area contributed by atoms with E-state index in [9.17, 15) is 13.6 Å². The van der Waals surface area contributed by atoms with E-state index in [1.807, 2.05) is 27.0 Å². The van der Waals surface area contributed by atoms with Crippen molar-refractivity contribution in [3.8, 4) is 11.3 Å². The number of piperidine rings is 1. The van der Waals surface area contributed by atoms with Gasteiger partial charge in [0, 0.05) is 42.9 Å². The number of anilines is 1. The lowest BCUT2D eigenvalue weighted by Gasteiger charge is -2.49. The molecule has 13 heteroatoms. The molecule has 0 spiro atoms. The molecule has 1 aromatic carbocycles. The van der Waals surface area contributed by atoms with Crippen LogP contribution in [-0.4, -0.2) is 63.5 Å². The number of amides is 1. The molecule has 0 bridgehead atoms. The fourth-order valence-electron chi connectivity index (χ4n) is 7.32. The maximum Gasteiger partial charge on any atom is 0.408 e. The zero-order valence-corrected chi connectivity index (χ0v) is 39.1. The van der Waals surface area contributed by atoms with Gasteiger partial charge in [-0.2, -0.15) is 0 Å². The monoisotopic (exact) mass is 838 g/mol. The van der Waals surface area contributed by atoms with Crippen LogP contribution in [-0.2, 0) is 26.4 Å². The Bertz CT molecular complexity index is 2000. The number of benzene rings is 1. The quantitative estimate of drug-likeness (QED) is 0.204. The Kier molecular flexibility index (Phi) is 13.0. The Balaban J connectivity index is 1.59. The molecule has 1 aliphatic heterocycles. The van der Waals surface area contributed by atoms with Gasteiger partial charge in [0.1, 0.15) is 28.7 Å². The minimum absolute atomic E-state index is 0.000323. The second kappa shape index (κ2) is 16.5. The number of pyridine rings is 2. The number of carbonyl (C=O) groups is 1. The smallest absolute Gasteiger partial charge is 0.408 e. The molecular weight excluding hydrogens is 774 g/mol. The Hall–Kier alpha value is -3.53. The van der Waals surface area contributed by atoms with E-state index in [-0.39, 0.29) is 34.6 Å². The van der Waals surface area contributed by atoms with Crippen LogP contribution >= 0.6 is 0 Å². The minimum Gasteiger partial charge on any atom is -0.444 e. The summed E-state index contributed by atoms with van der Waals surface area (Å²) in [6, 6.07) is 5.63. The highest BCUT2D eigenvalue weighted by Crippen LogP contribution is 2.47. The summed E-state index contributed by atoms with van der Waals surface area (Å²) in [5.74, 6) is -2.65. The van der Waals surface area contributed by atoms with Gasteiger partial charge in [0.05, 0.1) is 35.2 Å². The van der Waals surface area contributed by atoms with Gasteiger partial charge in [0.15, 0.2) is 16.6 Å². The van der Waals surface area contributed by atoms with E-state index < -0.39 is 63.1 Å². The maximum atomic E-state index is 15.1. The molecule has 318 valence electrons. The number of fused-ring (bicyclic) bond motifs is 1. The number of alkyl carbamates (subject to hydrolysis) is 1. The predicted octanol–water partition coefficient (Wildman–Crippen LogP) is 11.6. The highest BCUT2D eigenvalue weighted by atomic mass is 28.4. The molecule has 1 saturated heterocycles. The lowest BCUT2D eigenvalue weighted by atomic mass is 9.90. The van der Waals surface area contributed by atoms with Gasteiger partial charge in [-0.3, -0.25) is 4.98 Å². The molecule has 2 aliphatic rings. The molecule has 3 heterocycles. The molecule has 0 saturated carbocycles. The highest BCUT2D eigenvalue weighted by Gasteiger charge is 2.47. The molecule has 4 atom stereocenters. The fourth-order valence-corrected chi connectivity index (χ4v) is 10.0. The Morgan fingerprint density at radius 1 is 0.897 bits per heavy atom. The number of ether oxygens (including phenoxy) is 1. The second-order valence-electron chi connectivity index (χ2n) is 20.3. The first kappa shape index (κ1) is 45.6. The number of hydrogen-bond acceptors (Lipinski definition) is 7. The molecule has 0 radical (unpaired) electrons. The van der Waals surface area contributed by atoms with Gasteiger partial charge < -0.3 is 23.8 Å². The molecule has 3 aromatic rings. The summed E-state index contributed by atoms with van der Waals surface area (Å²) in [7, 11) is -4.44. The summed E-state index contributed by atoms with van der Waals surface area (Å²) >= 11 is 0. The van der Waals surface area contributed by atoms with E-state index >= 15 is 4.39 Å². The van der Waals surface area contributed by atoms with Crippen molar-refractivity contribution in [1.82, 2.24) is 15.3 Å². The average Bonchev–Trinajstić information content (AvgIpc) is 3.46. The summed E-state index contributed by atoms with van der Waals surface area (Å²) < 4.78 is 64.7.